The fourth-order valence-corrected chi connectivity index (χ4v) is 3.43. The van der Waals surface area contributed by atoms with Gasteiger partial charge in [-0.05, 0) is 18.1 Å². The zero-order valence-corrected chi connectivity index (χ0v) is 13.7. The first-order valence-corrected chi connectivity index (χ1v) is 8.48. The third-order valence-corrected chi connectivity index (χ3v) is 4.62. The fourth-order valence-electron chi connectivity index (χ4n) is 2.49. The number of rotatable bonds is 4. The zero-order valence-electron chi connectivity index (χ0n) is 12.9. The smallest absolute Gasteiger partial charge is 0.282 e. The average molecular weight is 316 g/mol. The van der Waals surface area contributed by atoms with Crippen LogP contribution in [0.1, 0.15) is 41.7 Å². The van der Waals surface area contributed by atoms with Gasteiger partial charge in [-0.1, -0.05) is 32.0 Å². The first kappa shape index (κ1) is 15.0. The minimum Gasteiger partial charge on any atom is -0.489 e. The van der Waals surface area contributed by atoms with Gasteiger partial charge in [-0.25, -0.2) is 4.98 Å². The van der Waals surface area contributed by atoms with Crippen molar-refractivity contribution in [3.8, 4) is 5.75 Å². The number of amides is 1. The Bertz CT molecular complexity index is 639. The lowest BCUT2D eigenvalue weighted by Crippen LogP contribution is -2.30. The summed E-state index contributed by atoms with van der Waals surface area (Å²) in [6.45, 7) is 5.53. The number of thiazole rings is 1. The Morgan fingerprint density at radius 3 is 2.82 bits per heavy atom. The van der Waals surface area contributed by atoms with Crippen molar-refractivity contribution in [2.45, 2.75) is 32.3 Å². The predicted octanol–water partition coefficient (Wildman–Crippen LogP) is 3.56. The molecule has 22 heavy (non-hydrogen) atoms. The van der Waals surface area contributed by atoms with Crippen molar-refractivity contribution in [1.29, 1.82) is 0 Å². The molecule has 1 amide bonds. The van der Waals surface area contributed by atoms with E-state index in [4.69, 9.17) is 4.74 Å². The molecular formula is C17H20N2O2S. The monoisotopic (exact) mass is 316 g/mol. The molecule has 1 aromatic heterocycles. The van der Waals surface area contributed by atoms with Crippen LogP contribution < -0.4 is 4.74 Å². The molecule has 5 heteroatoms. The maximum Gasteiger partial charge on any atom is 0.282 e. The Labute approximate surface area is 134 Å². The lowest BCUT2D eigenvalue weighted by molar-refractivity contribution is 0.0772. The number of para-hydroxylation sites is 1. The van der Waals surface area contributed by atoms with Gasteiger partial charge in [0.05, 0.1) is 12.2 Å². The van der Waals surface area contributed by atoms with Gasteiger partial charge >= 0.3 is 0 Å². The van der Waals surface area contributed by atoms with Crippen molar-refractivity contribution < 1.29 is 9.53 Å². The van der Waals surface area contributed by atoms with Gasteiger partial charge in [0.2, 0.25) is 0 Å². The first-order valence-electron chi connectivity index (χ1n) is 7.60. The van der Waals surface area contributed by atoms with Crippen molar-refractivity contribution in [3.05, 3.63) is 46.4 Å². The summed E-state index contributed by atoms with van der Waals surface area (Å²) in [6.07, 6.45) is 0.930. The van der Waals surface area contributed by atoms with E-state index in [1.54, 1.807) is 0 Å². The summed E-state index contributed by atoms with van der Waals surface area (Å²) in [5.74, 6) is 1.24. The number of carbonyl (C=O) groups excluding carboxylic acids is 1. The Balaban J connectivity index is 1.60. The molecule has 1 atom stereocenters. The molecule has 1 aliphatic heterocycles. The van der Waals surface area contributed by atoms with E-state index in [9.17, 15) is 4.79 Å². The summed E-state index contributed by atoms with van der Waals surface area (Å²) in [6, 6.07) is 9.76. The van der Waals surface area contributed by atoms with E-state index in [0.29, 0.717) is 17.5 Å². The Kier molecular flexibility index (Phi) is 4.43. The third kappa shape index (κ3) is 3.30. The highest BCUT2D eigenvalue weighted by Gasteiger charge is 2.29. The molecule has 2 aromatic rings. The van der Waals surface area contributed by atoms with E-state index in [-0.39, 0.29) is 12.0 Å². The number of likely N-dealkylation sites (tertiary alicyclic amines) is 1. The normalized spacial score (nSPS) is 18.0. The summed E-state index contributed by atoms with van der Waals surface area (Å²) in [4.78, 5) is 18.8. The Hall–Kier alpha value is -1.88. The molecule has 0 spiro atoms. The second kappa shape index (κ2) is 6.48. The molecule has 4 nitrogen and oxygen atoms in total. The van der Waals surface area contributed by atoms with Crippen LogP contribution in [0.5, 0.6) is 5.75 Å². The number of nitrogens with zero attached hydrogens (tertiary/aromatic N) is 2. The largest absolute Gasteiger partial charge is 0.489 e. The van der Waals surface area contributed by atoms with Crippen LogP contribution in [-0.2, 0) is 0 Å². The molecule has 1 fully saturated rings. The average Bonchev–Trinajstić information content (AvgIpc) is 3.17. The van der Waals surface area contributed by atoms with Crippen molar-refractivity contribution in [1.82, 2.24) is 9.88 Å². The molecule has 3 rings (SSSR count). The number of aromatic nitrogens is 1. The van der Waals surface area contributed by atoms with Crippen molar-refractivity contribution in [3.63, 3.8) is 0 Å². The second-order valence-electron chi connectivity index (χ2n) is 5.82. The number of ether oxygens (including phenoxy) is 1. The van der Waals surface area contributed by atoms with Gasteiger partial charge in [0.15, 0.2) is 5.01 Å². The van der Waals surface area contributed by atoms with E-state index in [0.717, 1.165) is 24.4 Å². The van der Waals surface area contributed by atoms with E-state index >= 15 is 0 Å². The third-order valence-electron chi connectivity index (χ3n) is 3.77. The van der Waals surface area contributed by atoms with Gasteiger partial charge in [0, 0.05) is 18.3 Å². The maximum absolute atomic E-state index is 12.5. The molecule has 2 heterocycles. The minimum absolute atomic E-state index is 0.0241. The summed E-state index contributed by atoms with van der Waals surface area (Å²) >= 11 is 1.43. The number of hydrogen-bond acceptors (Lipinski definition) is 4. The topological polar surface area (TPSA) is 42.4 Å². The van der Waals surface area contributed by atoms with Crippen molar-refractivity contribution >= 4 is 17.2 Å². The molecule has 0 unspecified atom stereocenters. The van der Waals surface area contributed by atoms with E-state index in [1.807, 2.05) is 40.6 Å². The molecule has 0 radical (unpaired) electrons. The second-order valence-corrected chi connectivity index (χ2v) is 6.68. The van der Waals surface area contributed by atoms with E-state index in [2.05, 4.69) is 18.8 Å². The predicted molar refractivity (Wildman–Crippen MR) is 87.6 cm³/mol. The van der Waals surface area contributed by atoms with Crippen LogP contribution in [0.3, 0.4) is 0 Å². The van der Waals surface area contributed by atoms with Gasteiger partial charge in [-0.2, -0.15) is 0 Å². The molecule has 0 bridgehead atoms. The van der Waals surface area contributed by atoms with Crippen LogP contribution in [0.15, 0.2) is 35.7 Å². The first-order chi connectivity index (χ1) is 10.6. The molecular weight excluding hydrogens is 296 g/mol. The van der Waals surface area contributed by atoms with E-state index < -0.39 is 0 Å². The summed E-state index contributed by atoms with van der Waals surface area (Å²) in [7, 11) is 0. The minimum atomic E-state index is 0.0241. The highest BCUT2D eigenvalue weighted by atomic mass is 32.1. The zero-order chi connectivity index (χ0) is 15.5. The molecule has 0 N–H and O–H groups in total. The van der Waals surface area contributed by atoms with Crippen LogP contribution in [0.2, 0.25) is 0 Å². The van der Waals surface area contributed by atoms with Gasteiger partial charge in [0.1, 0.15) is 11.9 Å². The number of benzene rings is 1. The van der Waals surface area contributed by atoms with Crippen LogP contribution >= 0.6 is 11.3 Å². The molecule has 0 aliphatic carbocycles. The number of carbonyl (C=O) groups is 1. The maximum atomic E-state index is 12.5. The van der Waals surface area contributed by atoms with Crippen molar-refractivity contribution in [2.24, 2.45) is 0 Å². The number of hydrogen-bond donors (Lipinski definition) is 0. The van der Waals surface area contributed by atoms with Crippen molar-refractivity contribution in [2.75, 3.05) is 13.1 Å². The molecule has 1 aliphatic rings. The highest BCUT2D eigenvalue weighted by Crippen LogP contribution is 2.22. The van der Waals surface area contributed by atoms with Gasteiger partial charge in [-0.3, -0.25) is 4.79 Å². The van der Waals surface area contributed by atoms with Crippen LogP contribution in [0.25, 0.3) is 0 Å². The standard InChI is InChI=1S/C17H20N2O2S/c1-12(2)15-11-22-16(18-15)17(20)19-9-8-14(10-19)21-13-6-4-3-5-7-13/h3-7,11-12,14H,8-10H2,1-2H3/t14-/m1/s1. The van der Waals surface area contributed by atoms with Crippen LogP contribution in [0.4, 0.5) is 0 Å². The van der Waals surface area contributed by atoms with Gasteiger partial charge in [-0.15, -0.1) is 11.3 Å². The van der Waals surface area contributed by atoms with Gasteiger partial charge in [0.25, 0.3) is 5.91 Å². The Morgan fingerprint density at radius 1 is 1.36 bits per heavy atom. The lowest BCUT2D eigenvalue weighted by atomic mass is 10.2. The Morgan fingerprint density at radius 2 is 2.14 bits per heavy atom. The van der Waals surface area contributed by atoms with Crippen LogP contribution in [-0.4, -0.2) is 35.0 Å². The summed E-state index contributed by atoms with van der Waals surface area (Å²) in [5, 5.41) is 2.57. The fraction of sp³-hybridized carbons (Fsp3) is 0.412. The molecule has 1 aromatic carbocycles. The molecule has 1 saturated heterocycles. The highest BCUT2D eigenvalue weighted by molar-refractivity contribution is 7.11. The lowest BCUT2D eigenvalue weighted by Gasteiger charge is -2.16. The summed E-state index contributed by atoms with van der Waals surface area (Å²) < 4.78 is 5.92. The van der Waals surface area contributed by atoms with Gasteiger partial charge < -0.3 is 9.64 Å². The quantitative estimate of drug-likeness (QED) is 0.866. The molecule has 116 valence electrons. The van der Waals surface area contributed by atoms with E-state index in [1.165, 1.54) is 11.3 Å². The SMILES string of the molecule is CC(C)c1csc(C(=O)N2CC[C@@H](Oc3ccccc3)C2)n1. The molecule has 0 saturated carbocycles. The van der Waals surface area contributed by atoms with Crippen LogP contribution in [0, 0.1) is 0 Å². The summed E-state index contributed by atoms with van der Waals surface area (Å²) in [5.41, 5.74) is 0.990.